The van der Waals surface area contributed by atoms with Crippen LogP contribution in [0.3, 0.4) is 0 Å². The van der Waals surface area contributed by atoms with E-state index < -0.39 is 0 Å². The Hall–Kier alpha value is -1.98. The molecule has 0 amide bonds. The fourth-order valence-electron chi connectivity index (χ4n) is 2.44. The maximum Gasteiger partial charge on any atom is 0.260 e. The first-order valence-electron chi connectivity index (χ1n) is 7.10. The van der Waals surface area contributed by atoms with E-state index in [0.717, 1.165) is 21.8 Å². The standard InChI is InChI=1S/C16H15N3OS/c20-15-14-12(10-4-2-1-3-5-10)9-21-16(14)19-13(18-15)8-17-11-6-7-11/h1-5,9,11,17H,6-8H2,(H,18,19,20). The summed E-state index contributed by atoms with van der Waals surface area (Å²) in [6.45, 7) is 0.633. The lowest BCUT2D eigenvalue weighted by Crippen LogP contribution is -2.20. The topological polar surface area (TPSA) is 57.8 Å². The fraction of sp³-hybridized carbons (Fsp3) is 0.250. The Balaban J connectivity index is 1.76. The van der Waals surface area contributed by atoms with Crippen molar-refractivity contribution in [2.24, 2.45) is 0 Å². The highest BCUT2D eigenvalue weighted by atomic mass is 32.1. The maximum atomic E-state index is 12.4. The van der Waals surface area contributed by atoms with Crippen molar-refractivity contribution in [3.63, 3.8) is 0 Å². The molecule has 2 N–H and O–H groups in total. The molecule has 4 rings (SSSR count). The number of H-pyrrole nitrogens is 1. The van der Waals surface area contributed by atoms with Crippen molar-refractivity contribution in [3.8, 4) is 11.1 Å². The van der Waals surface area contributed by atoms with Gasteiger partial charge in [-0.15, -0.1) is 11.3 Å². The lowest BCUT2D eigenvalue weighted by atomic mass is 10.1. The van der Waals surface area contributed by atoms with Gasteiger partial charge >= 0.3 is 0 Å². The molecule has 0 aliphatic heterocycles. The average Bonchev–Trinajstić information content (AvgIpc) is 3.24. The fourth-order valence-corrected chi connectivity index (χ4v) is 3.40. The highest BCUT2D eigenvalue weighted by Gasteiger charge is 2.20. The molecule has 106 valence electrons. The Morgan fingerprint density at radius 2 is 2.10 bits per heavy atom. The normalized spacial score (nSPS) is 14.7. The Morgan fingerprint density at radius 3 is 2.86 bits per heavy atom. The summed E-state index contributed by atoms with van der Waals surface area (Å²) in [4.78, 5) is 20.7. The van der Waals surface area contributed by atoms with E-state index in [0.29, 0.717) is 18.0 Å². The van der Waals surface area contributed by atoms with Crippen LogP contribution in [0.1, 0.15) is 18.7 Å². The Kier molecular flexibility index (Phi) is 3.09. The molecule has 0 radical (unpaired) electrons. The van der Waals surface area contributed by atoms with Gasteiger partial charge in [-0.05, 0) is 18.4 Å². The molecule has 21 heavy (non-hydrogen) atoms. The third-order valence-corrected chi connectivity index (χ3v) is 4.59. The summed E-state index contributed by atoms with van der Waals surface area (Å²) >= 11 is 1.53. The summed E-state index contributed by atoms with van der Waals surface area (Å²) in [5.41, 5.74) is 1.97. The van der Waals surface area contributed by atoms with E-state index in [2.05, 4.69) is 15.3 Å². The molecule has 0 bridgehead atoms. The van der Waals surface area contributed by atoms with Crippen LogP contribution in [0.15, 0.2) is 40.5 Å². The second-order valence-electron chi connectivity index (χ2n) is 5.36. The molecule has 1 fully saturated rings. The molecule has 1 aliphatic carbocycles. The monoisotopic (exact) mass is 297 g/mol. The van der Waals surface area contributed by atoms with E-state index in [1.807, 2.05) is 35.7 Å². The largest absolute Gasteiger partial charge is 0.309 e. The number of hydrogen-bond acceptors (Lipinski definition) is 4. The summed E-state index contributed by atoms with van der Waals surface area (Å²) in [7, 11) is 0. The lowest BCUT2D eigenvalue weighted by molar-refractivity contribution is 0.659. The van der Waals surface area contributed by atoms with Gasteiger partial charge in [0.15, 0.2) is 0 Å². The van der Waals surface area contributed by atoms with Crippen LogP contribution in [-0.4, -0.2) is 16.0 Å². The van der Waals surface area contributed by atoms with Crippen molar-refractivity contribution < 1.29 is 0 Å². The van der Waals surface area contributed by atoms with Crippen molar-refractivity contribution >= 4 is 21.6 Å². The Morgan fingerprint density at radius 1 is 1.29 bits per heavy atom. The summed E-state index contributed by atoms with van der Waals surface area (Å²) < 4.78 is 0. The number of aromatic nitrogens is 2. The zero-order valence-corrected chi connectivity index (χ0v) is 12.2. The van der Waals surface area contributed by atoms with Crippen LogP contribution in [0.4, 0.5) is 0 Å². The van der Waals surface area contributed by atoms with E-state index in [1.165, 1.54) is 24.2 Å². The van der Waals surface area contributed by atoms with Crippen LogP contribution in [0.2, 0.25) is 0 Å². The van der Waals surface area contributed by atoms with Gasteiger partial charge in [0.1, 0.15) is 10.7 Å². The van der Waals surface area contributed by atoms with Gasteiger partial charge < -0.3 is 10.3 Å². The molecule has 2 aromatic heterocycles. The average molecular weight is 297 g/mol. The summed E-state index contributed by atoms with van der Waals surface area (Å²) in [6.07, 6.45) is 2.45. The van der Waals surface area contributed by atoms with Gasteiger partial charge in [-0.3, -0.25) is 4.79 Å². The van der Waals surface area contributed by atoms with E-state index in [9.17, 15) is 4.79 Å². The van der Waals surface area contributed by atoms with Crippen LogP contribution >= 0.6 is 11.3 Å². The summed E-state index contributed by atoms with van der Waals surface area (Å²) in [5, 5.41) is 6.09. The van der Waals surface area contributed by atoms with E-state index >= 15 is 0 Å². The molecule has 3 aromatic rings. The molecule has 2 heterocycles. The quantitative estimate of drug-likeness (QED) is 0.778. The van der Waals surface area contributed by atoms with Crippen molar-refractivity contribution in [2.75, 3.05) is 0 Å². The second-order valence-corrected chi connectivity index (χ2v) is 6.22. The van der Waals surface area contributed by atoms with Gasteiger partial charge in [0.25, 0.3) is 5.56 Å². The minimum atomic E-state index is -0.0484. The zero-order chi connectivity index (χ0) is 14.2. The summed E-state index contributed by atoms with van der Waals surface area (Å²) in [5.74, 6) is 0.723. The van der Waals surface area contributed by atoms with Gasteiger partial charge in [0.05, 0.1) is 11.9 Å². The van der Waals surface area contributed by atoms with E-state index in [1.54, 1.807) is 0 Å². The molecule has 1 saturated carbocycles. The van der Waals surface area contributed by atoms with Gasteiger partial charge in [-0.2, -0.15) is 0 Å². The molecule has 0 unspecified atom stereocenters. The number of benzene rings is 1. The molecule has 0 spiro atoms. The molecular formula is C16H15N3OS. The van der Waals surface area contributed by atoms with Crippen molar-refractivity contribution in [1.29, 1.82) is 0 Å². The minimum Gasteiger partial charge on any atom is -0.309 e. The van der Waals surface area contributed by atoms with Gasteiger partial charge in [-0.25, -0.2) is 4.98 Å². The minimum absolute atomic E-state index is 0.0484. The number of nitrogens with one attached hydrogen (secondary N) is 2. The molecular weight excluding hydrogens is 282 g/mol. The van der Waals surface area contributed by atoms with Crippen LogP contribution in [0.25, 0.3) is 21.3 Å². The highest BCUT2D eigenvalue weighted by molar-refractivity contribution is 7.17. The first-order chi connectivity index (χ1) is 10.3. The maximum absolute atomic E-state index is 12.4. The number of rotatable bonds is 4. The zero-order valence-electron chi connectivity index (χ0n) is 11.4. The highest BCUT2D eigenvalue weighted by Crippen LogP contribution is 2.30. The molecule has 0 atom stereocenters. The third-order valence-electron chi connectivity index (χ3n) is 3.71. The Labute approximate surface area is 125 Å². The smallest absolute Gasteiger partial charge is 0.260 e. The number of thiophene rings is 1. The predicted molar refractivity (Wildman–Crippen MR) is 85.5 cm³/mol. The number of aromatic amines is 1. The van der Waals surface area contributed by atoms with Crippen LogP contribution in [0.5, 0.6) is 0 Å². The van der Waals surface area contributed by atoms with Gasteiger partial charge in [0.2, 0.25) is 0 Å². The van der Waals surface area contributed by atoms with Crippen molar-refractivity contribution in [1.82, 2.24) is 15.3 Å². The Bertz CT molecular complexity index is 834. The molecule has 0 saturated heterocycles. The van der Waals surface area contributed by atoms with Crippen molar-refractivity contribution in [3.05, 3.63) is 51.9 Å². The predicted octanol–water partition coefficient (Wildman–Crippen LogP) is 2.90. The van der Waals surface area contributed by atoms with Crippen LogP contribution < -0.4 is 10.9 Å². The van der Waals surface area contributed by atoms with Gasteiger partial charge in [0, 0.05) is 17.0 Å². The first kappa shape index (κ1) is 12.7. The SMILES string of the molecule is O=c1[nH]c(CNC2CC2)nc2scc(-c3ccccc3)c12. The third kappa shape index (κ3) is 2.50. The van der Waals surface area contributed by atoms with E-state index in [-0.39, 0.29) is 5.56 Å². The second kappa shape index (κ2) is 5.09. The number of hydrogen-bond donors (Lipinski definition) is 2. The number of nitrogens with zero attached hydrogens (tertiary/aromatic N) is 1. The first-order valence-corrected chi connectivity index (χ1v) is 7.98. The molecule has 1 aromatic carbocycles. The van der Waals surface area contributed by atoms with Crippen molar-refractivity contribution in [2.45, 2.75) is 25.4 Å². The van der Waals surface area contributed by atoms with E-state index in [4.69, 9.17) is 0 Å². The number of fused-ring (bicyclic) bond motifs is 1. The molecule has 1 aliphatic rings. The summed E-state index contributed by atoms with van der Waals surface area (Å²) in [6, 6.07) is 10.6. The van der Waals surface area contributed by atoms with Crippen LogP contribution in [0, 0.1) is 0 Å². The molecule has 4 nitrogen and oxygen atoms in total. The van der Waals surface area contributed by atoms with Gasteiger partial charge in [-0.1, -0.05) is 30.3 Å². The lowest BCUT2D eigenvalue weighted by Gasteiger charge is -2.03. The molecule has 5 heteroatoms. The van der Waals surface area contributed by atoms with Crippen LogP contribution in [-0.2, 0) is 6.54 Å².